The second kappa shape index (κ2) is 6.15. The van der Waals surface area contributed by atoms with Gasteiger partial charge in [0.2, 0.25) is 0 Å². The third kappa shape index (κ3) is 2.94. The van der Waals surface area contributed by atoms with Gasteiger partial charge in [-0.1, -0.05) is 6.92 Å². The van der Waals surface area contributed by atoms with E-state index in [9.17, 15) is 5.11 Å². The molecule has 0 aliphatic carbocycles. The minimum absolute atomic E-state index is 0.422. The highest BCUT2D eigenvalue weighted by molar-refractivity contribution is 7.11. The Hall–Kier alpha value is -0.420. The van der Waals surface area contributed by atoms with Crippen molar-refractivity contribution in [3.63, 3.8) is 0 Å². The summed E-state index contributed by atoms with van der Waals surface area (Å²) in [6.07, 6.45) is 2.84. The molecule has 1 aromatic rings. The normalized spacial score (nSPS) is 20.8. The molecule has 0 bridgehead atoms. The molecule has 1 N–H and O–H groups in total. The summed E-state index contributed by atoms with van der Waals surface area (Å²) < 4.78 is 11.0. The molecule has 1 aliphatic rings. The van der Waals surface area contributed by atoms with Crippen LogP contribution < -0.4 is 0 Å². The first-order valence-electron chi connectivity index (χ1n) is 6.59. The van der Waals surface area contributed by atoms with Crippen LogP contribution in [-0.4, -0.2) is 37.1 Å². The van der Waals surface area contributed by atoms with E-state index in [0.29, 0.717) is 19.6 Å². The molecular weight excluding hydrogens is 248 g/mol. The van der Waals surface area contributed by atoms with Gasteiger partial charge in [0.15, 0.2) is 0 Å². The Bertz CT molecular complexity index is 369. The maximum absolute atomic E-state index is 10.5. The van der Waals surface area contributed by atoms with Crippen molar-refractivity contribution in [3.05, 3.63) is 21.9 Å². The van der Waals surface area contributed by atoms with E-state index in [1.165, 1.54) is 9.75 Å². The average Bonchev–Trinajstić information content (AvgIpc) is 2.87. The van der Waals surface area contributed by atoms with E-state index < -0.39 is 11.7 Å². The summed E-state index contributed by atoms with van der Waals surface area (Å²) in [7, 11) is 1.69. The van der Waals surface area contributed by atoms with Gasteiger partial charge >= 0.3 is 0 Å². The summed E-state index contributed by atoms with van der Waals surface area (Å²) in [5, 5.41) is 10.5. The molecule has 1 aromatic heterocycles. The fraction of sp³-hybridized carbons (Fsp3) is 0.714. The minimum atomic E-state index is -0.449. The topological polar surface area (TPSA) is 38.7 Å². The molecule has 3 nitrogen and oxygen atoms in total. The number of ether oxygens (including phenoxy) is 2. The van der Waals surface area contributed by atoms with Crippen LogP contribution in [0.25, 0.3) is 0 Å². The van der Waals surface area contributed by atoms with Crippen LogP contribution in [0.5, 0.6) is 0 Å². The summed E-state index contributed by atoms with van der Waals surface area (Å²) in [6, 6.07) is 4.27. The van der Waals surface area contributed by atoms with E-state index >= 15 is 0 Å². The number of aryl methyl sites for hydroxylation is 1. The third-order valence-corrected chi connectivity index (χ3v) is 5.07. The summed E-state index contributed by atoms with van der Waals surface area (Å²) in [4.78, 5) is 2.61. The fourth-order valence-electron chi connectivity index (χ4n) is 2.49. The van der Waals surface area contributed by atoms with Crippen molar-refractivity contribution >= 4 is 11.3 Å². The molecule has 102 valence electrons. The molecule has 0 spiro atoms. The van der Waals surface area contributed by atoms with Gasteiger partial charge in [-0.25, -0.2) is 0 Å². The molecule has 0 amide bonds. The zero-order chi connectivity index (χ0) is 13.0. The van der Waals surface area contributed by atoms with Crippen molar-refractivity contribution in [1.29, 1.82) is 0 Å². The Labute approximate surface area is 113 Å². The predicted octanol–water partition coefficient (Wildman–Crippen LogP) is 2.41. The molecule has 0 radical (unpaired) electrons. The minimum Gasteiger partial charge on any atom is -0.390 e. The Kier molecular flexibility index (Phi) is 4.78. The molecule has 1 atom stereocenters. The second-order valence-electron chi connectivity index (χ2n) is 4.82. The van der Waals surface area contributed by atoms with Crippen molar-refractivity contribution in [1.82, 2.24) is 0 Å². The largest absolute Gasteiger partial charge is 0.390 e. The molecule has 0 saturated carbocycles. The zero-order valence-corrected chi connectivity index (χ0v) is 12.0. The van der Waals surface area contributed by atoms with Crippen LogP contribution >= 0.6 is 11.3 Å². The van der Waals surface area contributed by atoms with Crippen LogP contribution in [0.3, 0.4) is 0 Å². The Balaban J connectivity index is 2.02. The van der Waals surface area contributed by atoms with Gasteiger partial charge in [-0.2, -0.15) is 0 Å². The monoisotopic (exact) mass is 270 g/mol. The lowest BCUT2D eigenvalue weighted by molar-refractivity contribution is -0.151. The Morgan fingerprint density at radius 2 is 2.06 bits per heavy atom. The van der Waals surface area contributed by atoms with Crippen molar-refractivity contribution in [2.45, 2.75) is 44.3 Å². The number of hydrogen-bond acceptors (Lipinski definition) is 4. The van der Waals surface area contributed by atoms with Crippen LogP contribution in [-0.2, 0) is 22.3 Å². The Morgan fingerprint density at radius 3 is 2.61 bits per heavy atom. The Morgan fingerprint density at radius 1 is 1.39 bits per heavy atom. The molecule has 1 fully saturated rings. The number of aliphatic hydroxyl groups is 1. The van der Waals surface area contributed by atoms with Crippen molar-refractivity contribution < 1.29 is 14.6 Å². The van der Waals surface area contributed by atoms with Gasteiger partial charge in [0, 0.05) is 49.3 Å². The van der Waals surface area contributed by atoms with Gasteiger partial charge in [-0.05, 0) is 18.6 Å². The lowest BCUT2D eigenvalue weighted by Gasteiger charge is -2.39. The summed E-state index contributed by atoms with van der Waals surface area (Å²) in [5.41, 5.74) is -0.422. The predicted molar refractivity (Wildman–Crippen MR) is 73.2 cm³/mol. The molecule has 0 aromatic carbocycles. The number of methoxy groups -OCH3 is 1. The first kappa shape index (κ1) is 14.0. The van der Waals surface area contributed by atoms with Crippen LogP contribution in [0.15, 0.2) is 12.1 Å². The molecule has 1 saturated heterocycles. The average molecular weight is 270 g/mol. The van der Waals surface area contributed by atoms with Gasteiger partial charge in [-0.3, -0.25) is 0 Å². The van der Waals surface area contributed by atoms with E-state index in [-0.39, 0.29) is 0 Å². The van der Waals surface area contributed by atoms with E-state index in [0.717, 1.165) is 19.3 Å². The SMILES string of the molecule is CCc1ccc(CC(O)C2(OC)CCOCC2)s1. The molecule has 18 heavy (non-hydrogen) atoms. The van der Waals surface area contributed by atoms with Crippen LogP contribution in [0.4, 0.5) is 0 Å². The van der Waals surface area contributed by atoms with Crippen LogP contribution in [0.1, 0.15) is 29.5 Å². The number of rotatable bonds is 5. The second-order valence-corrected chi connectivity index (χ2v) is 6.08. The lowest BCUT2D eigenvalue weighted by atomic mass is 9.86. The number of hydrogen-bond donors (Lipinski definition) is 1. The van der Waals surface area contributed by atoms with Crippen molar-refractivity contribution in [3.8, 4) is 0 Å². The van der Waals surface area contributed by atoms with Crippen LogP contribution in [0.2, 0.25) is 0 Å². The maximum Gasteiger partial charge on any atom is 0.0983 e. The highest BCUT2D eigenvalue weighted by Crippen LogP contribution is 2.31. The van der Waals surface area contributed by atoms with Gasteiger partial charge in [-0.15, -0.1) is 11.3 Å². The van der Waals surface area contributed by atoms with Gasteiger partial charge in [0.25, 0.3) is 0 Å². The third-order valence-electron chi connectivity index (χ3n) is 3.81. The standard InChI is InChI=1S/C14H22O3S/c1-3-11-4-5-12(18-11)10-13(15)14(16-2)6-8-17-9-7-14/h4-5,13,15H,3,6-10H2,1-2H3. The lowest BCUT2D eigenvalue weighted by Crippen LogP contribution is -2.49. The summed E-state index contributed by atoms with van der Waals surface area (Å²) >= 11 is 1.79. The van der Waals surface area contributed by atoms with Crippen LogP contribution in [0, 0.1) is 0 Å². The van der Waals surface area contributed by atoms with Crippen molar-refractivity contribution in [2.24, 2.45) is 0 Å². The molecule has 2 heterocycles. The first-order valence-corrected chi connectivity index (χ1v) is 7.40. The first-order chi connectivity index (χ1) is 8.70. The number of thiophene rings is 1. The van der Waals surface area contributed by atoms with Crippen molar-refractivity contribution in [2.75, 3.05) is 20.3 Å². The zero-order valence-electron chi connectivity index (χ0n) is 11.1. The van der Waals surface area contributed by atoms with Gasteiger partial charge in [0.1, 0.15) is 0 Å². The van der Waals surface area contributed by atoms with Gasteiger partial charge < -0.3 is 14.6 Å². The number of aliphatic hydroxyl groups excluding tert-OH is 1. The molecule has 1 aliphatic heterocycles. The van der Waals surface area contributed by atoms with E-state index in [1.807, 2.05) is 0 Å². The van der Waals surface area contributed by atoms with E-state index in [1.54, 1.807) is 18.4 Å². The van der Waals surface area contributed by atoms with Gasteiger partial charge in [0.05, 0.1) is 11.7 Å². The molecule has 1 unspecified atom stereocenters. The highest BCUT2D eigenvalue weighted by atomic mass is 32.1. The smallest absolute Gasteiger partial charge is 0.0983 e. The quantitative estimate of drug-likeness (QED) is 0.893. The fourth-order valence-corrected chi connectivity index (χ4v) is 3.48. The molecule has 4 heteroatoms. The highest BCUT2D eigenvalue weighted by Gasteiger charge is 2.39. The maximum atomic E-state index is 10.5. The molecule has 2 rings (SSSR count). The molecular formula is C14H22O3S. The van der Waals surface area contributed by atoms with E-state index in [2.05, 4.69) is 19.1 Å². The van der Waals surface area contributed by atoms with E-state index in [4.69, 9.17) is 9.47 Å². The summed E-state index contributed by atoms with van der Waals surface area (Å²) in [5.74, 6) is 0. The summed E-state index contributed by atoms with van der Waals surface area (Å²) in [6.45, 7) is 3.51.